The summed E-state index contributed by atoms with van der Waals surface area (Å²) < 4.78 is 30.3. The van der Waals surface area contributed by atoms with Crippen LogP contribution in [0.4, 0.5) is 5.69 Å². The second kappa shape index (κ2) is 12.3. The number of ether oxygens (including phenoxy) is 1. The number of aliphatic imine (C=N–C) groups is 1. The van der Waals surface area contributed by atoms with Crippen LogP contribution in [0, 0.1) is 10.1 Å². The molecule has 0 spiro atoms. The Morgan fingerprint density at radius 3 is 2.29 bits per heavy atom. The van der Waals surface area contributed by atoms with Crippen molar-refractivity contribution >= 4 is 47.3 Å². The van der Waals surface area contributed by atoms with E-state index in [4.69, 9.17) is 13.8 Å². The van der Waals surface area contributed by atoms with Gasteiger partial charge in [-0.25, -0.2) is 9.36 Å². The summed E-state index contributed by atoms with van der Waals surface area (Å²) in [5.74, 6) is -1.44. The van der Waals surface area contributed by atoms with Gasteiger partial charge in [-0.05, 0) is 42.3 Å². The van der Waals surface area contributed by atoms with E-state index in [1.165, 1.54) is 55.0 Å². The maximum Gasteiger partial charge on any atom is 0.410 e. The number of non-ortho nitro benzene ring substituents is 1. The van der Waals surface area contributed by atoms with E-state index < -0.39 is 35.8 Å². The number of β-lactam (4-membered cyclic amide) rings is 1. The first kappa shape index (κ1) is 29.2. The van der Waals surface area contributed by atoms with Gasteiger partial charge < -0.3 is 9.26 Å². The van der Waals surface area contributed by atoms with Crippen molar-refractivity contribution in [3.8, 4) is 0 Å². The number of allylic oxidation sites excluding steroid dienone is 1. The smallest absolute Gasteiger partial charge is 0.410 e. The molecule has 1 amide bonds. The second-order valence-electron chi connectivity index (χ2n) is 9.36. The van der Waals surface area contributed by atoms with Gasteiger partial charge in [0.05, 0.1) is 15.3 Å². The second-order valence-corrected chi connectivity index (χ2v) is 12.6. The van der Waals surface area contributed by atoms with E-state index in [9.17, 15) is 24.3 Å². The minimum Gasteiger partial charge on any atom is -0.456 e. The van der Waals surface area contributed by atoms with E-state index in [0.29, 0.717) is 12.0 Å². The van der Waals surface area contributed by atoms with Crippen LogP contribution in [-0.4, -0.2) is 45.3 Å². The number of amides is 1. The number of fused-ring (bicyclic) bond motifs is 1. The number of nitro benzene ring substituents is 1. The molecule has 3 unspecified atom stereocenters. The summed E-state index contributed by atoms with van der Waals surface area (Å²) in [6.45, 7) is 1.19. The van der Waals surface area contributed by atoms with Crippen LogP contribution in [0.15, 0.2) is 101 Å². The fourth-order valence-corrected chi connectivity index (χ4v) is 7.18. The van der Waals surface area contributed by atoms with Crippen LogP contribution in [0.3, 0.4) is 0 Å². The maximum atomic E-state index is 13.7. The number of likely N-dealkylation sites (tertiary alicyclic amines) is 1. The number of nitro groups is 1. The molecule has 0 N–H and O–H groups in total. The average molecular weight is 608 g/mol. The highest BCUT2D eigenvalue weighted by molar-refractivity contribution is 8.14. The van der Waals surface area contributed by atoms with Gasteiger partial charge in [-0.1, -0.05) is 60.3 Å². The number of hydrogen-bond acceptors (Lipinski definition) is 10. The van der Waals surface area contributed by atoms with Crippen LogP contribution in [-0.2, 0) is 41.0 Å². The molecule has 0 bridgehead atoms. The molecule has 0 radical (unpaired) electrons. The first-order chi connectivity index (χ1) is 20.2. The molecule has 0 saturated carbocycles. The number of hydrogen-bond donors (Lipinski definition) is 0. The summed E-state index contributed by atoms with van der Waals surface area (Å²) in [7, 11) is -2.70. The van der Waals surface area contributed by atoms with Crippen molar-refractivity contribution in [2.24, 2.45) is 4.99 Å². The van der Waals surface area contributed by atoms with E-state index in [0.717, 1.165) is 10.6 Å². The number of carbonyl (C=O) groups is 2. The minimum absolute atomic E-state index is 0.104. The maximum absolute atomic E-state index is 13.7. The van der Waals surface area contributed by atoms with Gasteiger partial charge in [-0.15, -0.1) is 0 Å². The number of carbonyl (C=O) groups excluding carboxylic acids is 2. The molecule has 13 heteroatoms. The molecule has 5 rings (SSSR count). The highest BCUT2D eigenvalue weighted by Crippen LogP contribution is 2.50. The van der Waals surface area contributed by atoms with Crippen molar-refractivity contribution < 1.29 is 32.9 Å². The van der Waals surface area contributed by atoms with E-state index >= 15 is 0 Å². The van der Waals surface area contributed by atoms with Gasteiger partial charge in [0.25, 0.3) is 11.6 Å². The van der Waals surface area contributed by atoms with E-state index in [-0.39, 0.29) is 29.1 Å². The lowest BCUT2D eigenvalue weighted by atomic mass is 10.1. The molecular weight excluding hydrogens is 581 g/mol. The average Bonchev–Trinajstić information content (AvgIpc) is 3.38. The molecule has 2 aliphatic rings. The monoisotopic (exact) mass is 607 g/mol. The standard InChI is InChI=1S/C29H26N3O8PS/c1-19(40-41(37,38-2)23-11-7-4-8-12-23)26(29(34)39-18-21-13-15-22(16-14-21)32(35)36)31-27(33)25-28(31)42-24(30-25)17-20-9-5-3-6-10-20/h3-16,25,28H,17-18H2,1-2H3. The van der Waals surface area contributed by atoms with Crippen molar-refractivity contribution in [2.75, 3.05) is 7.11 Å². The molecule has 11 nitrogen and oxygen atoms in total. The van der Waals surface area contributed by atoms with Gasteiger partial charge in [0.15, 0.2) is 11.7 Å². The Morgan fingerprint density at radius 1 is 1.02 bits per heavy atom. The number of thioether (sulfide) groups is 1. The van der Waals surface area contributed by atoms with Crippen molar-refractivity contribution in [1.29, 1.82) is 0 Å². The summed E-state index contributed by atoms with van der Waals surface area (Å²) in [6, 6.07) is 22.8. The quantitative estimate of drug-likeness (QED) is 0.0562. The molecular formula is C29H26N3O8PS. The van der Waals surface area contributed by atoms with Crippen molar-refractivity contribution in [2.45, 2.75) is 31.4 Å². The lowest BCUT2D eigenvalue weighted by Gasteiger charge is -2.41. The number of nitrogens with zero attached hydrogens (tertiary/aromatic N) is 3. The summed E-state index contributed by atoms with van der Waals surface area (Å²) in [4.78, 5) is 43.1. The molecule has 3 aromatic carbocycles. The summed E-state index contributed by atoms with van der Waals surface area (Å²) in [5.41, 5.74) is 1.20. The third-order valence-corrected chi connectivity index (χ3v) is 9.77. The van der Waals surface area contributed by atoms with Crippen molar-refractivity contribution in [1.82, 2.24) is 4.90 Å². The molecule has 0 aliphatic carbocycles. The predicted molar refractivity (Wildman–Crippen MR) is 157 cm³/mol. The van der Waals surface area contributed by atoms with E-state index in [1.807, 2.05) is 30.3 Å². The molecule has 2 heterocycles. The Labute approximate surface area is 245 Å². The van der Waals surface area contributed by atoms with Gasteiger partial charge in [0, 0.05) is 25.7 Å². The molecule has 216 valence electrons. The van der Waals surface area contributed by atoms with Gasteiger partial charge in [0.1, 0.15) is 17.7 Å². The van der Waals surface area contributed by atoms with Crippen LogP contribution in [0.2, 0.25) is 0 Å². The molecule has 3 aromatic rings. The van der Waals surface area contributed by atoms with E-state index in [2.05, 4.69) is 4.99 Å². The van der Waals surface area contributed by atoms with E-state index in [1.54, 1.807) is 30.3 Å². The van der Waals surface area contributed by atoms with Gasteiger partial charge in [0.2, 0.25) is 0 Å². The van der Waals surface area contributed by atoms with Crippen molar-refractivity contribution in [3.05, 3.63) is 118 Å². The van der Waals surface area contributed by atoms with Crippen molar-refractivity contribution in [3.63, 3.8) is 0 Å². The van der Waals surface area contributed by atoms with Crippen LogP contribution >= 0.6 is 19.4 Å². The SMILES string of the molecule is COP(=O)(OC(C)=C(C(=O)OCc1ccc([N+](=O)[O-])cc1)N1C(=O)C2N=C(Cc3ccccc3)SC21)c1ccccc1. The Balaban J connectivity index is 1.41. The highest BCUT2D eigenvalue weighted by atomic mass is 32.2. The first-order valence-electron chi connectivity index (χ1n) is 12.8. The molecule has 1 fully saturated rings. The highest BCUT2D eigenvalue weighted by Gasteiger charge is 2.55. The van der Waals surface area contributed by atoms with Gasteiger partial charge >= 0.3 is 13.6 Å². The fourth-order valence-electron chi connectivity index (χ4n) is 4.48. The summed E-state index contributed by atoms with van der Waals surface area (Å²) >= 11 is 1.36. The van der Waals surface area contributed by atoms with Crippen LogP contribution in [0.5, 0.6) is 0 Å². The topological polar surface area (TPSA) is 138 Å². The van der Waals surface area contributed by atoms with Gasteiger partial charge in [-0.2, -0.15) is 0 Å². The summed E-state index contributed by atoms with van der Waals surface area (Å²) in [6.07, 6.45) is 0.533. The number of esters is 1. The third-order valence-electron chi connectivity index (χ3n) is 6.61. The van der Waals surface area contributed by atoms with Crippen LogP contribution < -0.4 is 5.30 Å². The van der Waals surface area contributed by atoms with Crippen LogP contribution in [0.1, 0.15) is 18.1 Å². The summed E-state index contributed by atoms with van der Waals surface area (Å²) in [5, 5.41) is 11.5. The largest absolute Gasteiger partial charge is 0.456 e. The Bertz CT molecular complexity index is 1610. The third kappa shape index (κ3) is 6.01. The predicted octanol–water partition coefficient (Wildman–Crippen LogP) is 4.98. The Kier molecular flexibility index (Phi) is 8.58. The Morgan fingerprint density at radius 2 is 1.67 bits per heavy atom. The zero-order valence-electron chi connectivity index (χ0n) is 22.6. The normalized spacial score (nSPS) is 19.5. The lowest BCUT2D eigenvalue weighted by molar-refractivity contribution is -0.384. The number of rotatable bonds is 11. The zero-order valence-corrected chi connectivity index (χ0v) is 24.3. The molecule has 3 atom stereocenters. The van der Waals surface area contributed by atoms with Gasteiger partial charge in [-0.3, -0.25) is 29.3 Å². The Hall–Kier alpha value is -4.25. The zero-order chi connectivity index (χ0) is 29.9. The first-order valence-corrected chi connectivity index (χ1v) is 15.2. The number of benzene rings is 3. The molecule has 42 heavy (non-hydrogen) atoms. The van der Waals surface area contributed by atoms with Crippen LogP contribution in [0.25, 0.3) is 0 Å². The molecule has 1 saturated heterocycles. The molecule has 0 aromatic heterocycles. The minimum atomic E-state index is -3.93. The fraction of sp³-hybridized carbons (Fsp3) is 0.207. The molecule has 2 aliphatic heterocycles. The lowest BCUT2D eigenvalue weighted by Crippen LogP contribution is -2.61.